The average Bonchev–Trinajstić information content (AvgIpc) is 2.85. The second-order valence-electron chi connectivity index (χ2n) is 5.76. The molecule has 122 valence electrons. The van der Waals surface area contributed by atoms with Crippen LogP contribution in [0, 0.1) is 0 Å². The van der Waals surface area contributed by atoms with Crippen LogP contribution < -0.4 is 10.6 Å². The quantitative estimate of drug-likeness (QED) is 0.826. The van der Waals surface area contributed by atoms with Gasteiger partial charge in [-0.05, 0) is 26.0 Å². The maximum Gasteiger partial charge on any atom is 0.262 e. The molecule has 2 aliphatic rings. The number of anilines is 1. The summed E-state index contributed by atoms with van der Waals surface area (Å²) in [6.45, 7) is 4.44. The SMILES string of the molecule is CC1(C)OC[C@@H](CNC(=O)/C=C2/Sc3ccccc3NC2=O)O1. The predicted octanol–water partition coefficient (Wildman–Crippen LogP) is 1.88. The van der Waals surface area contributed by atoms with E-state index in [0.29, 0.717) is 18.1 Å². The van der Waals surface area contributed by atoms with Gasteiger partial charge in [0.1, 0.15) is 6.10 Å². The van der Waals surface area contributed by atoms with E-state index in [1.807, 2.05) is 38.1 Å². The molecule has 0 bridgehead atoms. The Labute approximate surface area is 138 Å². The Morgan fingerprint density at radius 1 is 1.48 bits per heavy atom. The molecule has 1 saturated heterocycles. The Bertz CT molecular complexity index is 672. The van der Waals surface area contributed by atoms with Crippen molar-refractivity contribution in [3.63, 3.8) is 0 Å². The van der Waals surface area contributed by atoms with Gasteiger partial charge >= 0.3 is 0 Å². The number of fused-ring (bicyclic) bond motifs is 1. The smallest absolute Gasteiger partial charge is 0.262 e. The summed E-state index contributed by atoms with van der Waals surface area (Å²) in [5, 5.41) is 5.51. The molecule has 7 heteroatoms. The van der Waals surface area contributed by atoms with Gasteiger partial charge in [0.25, 0.3) is 5.91 Å². The van der Waals surface area contributed by atoms with Gasteiger partial charge in [0.05, 0.1) is 17.2 Å². The van der Waals surface area contributed by atoms with Crippen molar-refractivity contribution < 1.29 is 19.1 Å². The standard InChI is InChI=1S/C16H18N2O4S/c1-16(2)21-9-10(22-16)8-17-14(19)7-13-15(20)18-11-5-3-4-6-12(11)23-13/h3-7,10H,8-9H2,1-2H3,(H,17,19)(H,18,20)/b13-7+/t10-/m1/s1. The fourth-order valence-corrected chi connectivity index (χ4v) is 3.27. The molecule has 2 heterocycles. The van der Waals surface area contributed by atoms with Gasteiger partial charge in [-0.2, -0.15) is 0 Å². The molecule has 0 unspecified atom stereocenters. The van der Waals surface area contributed by atoms with Crippen LogP contribution >= 0.6 is 11.8 Å². The summed E-state index contributed by atoms with van der Waals surface area (Å²) >= 11 is 1.28. The summed E-state index contributed by atoms with van der Waals surface area (Å²) < 4.78 is 11.0. The predicted molar refractivity (Wildman–Crippen MR) is 86.9 cm³/mol. The highest BCUT2D eigenvalue weighted by Gasteiger charge is 2.32. The molecule has 2 N–H and O–H groups in total. The van der Waals surface area contributed by atoms with Gasteiger partial charge in [-0.25, -0.2) is 0 Å². The largest absolute Gasteiger partial charge is 0.350 e. The van der Waals surface area contributed by atoms with Crippen molar-refractivity contribution in [3.05, 3.63) is 35.2 Å². The number of amides is 2. The Hall–Kier alpha value is -1.83. The summed E-state index contributed by atoms with van der Waals surface area (Å²) in [5.41, 5.74) is 0.763. The van der Waals surface area contributed by atoms with Crippen molar-refractivity contribution in [2.45, 2.75) is 30.6 Å². The maximum absolute atomic E-state index is 12.0. The fourth-order valence-electron chi connectivity index (χ4n) is 2.35. The lowest BCUT2D eigenvalue weighted by atomic mass is 10.3. The second-order valence-corrected chi connectivity index (χ2v) is 6.84. The van der Waals surface area contributed by atoms with E-state index >= 15 is 0 Å². The minimum atomic E-state index is -0.614. The molecule has 0 spiro atoms. The van der Waals surface area contributed by atoms with E-state index in [2.05, 4.69) is 10.6 Å². The number of para-hydroxylation sites is 1. The fraction of sp³-hybridized carbons (Fsp3) is 0.375. The Morgan fingerprint density at radius 2 is 2.26 bits per heavy atom. The van der Waals surface area contributed by atoms with Crippen molar-refractivity contribution in [2.75, 3.05) is 18.5 Å². The summed E-state index contributed by atoms with van der Waals surface area (Å²) in [7, 11) is 0. The van der Waals surface area contributed by atoms with E-state index < -0.39 is 5.79 Å². The van der Waals surface area contributed by atoms with E-state index in [1.165, 1.54) is 17.8 Å². The number of ether oxygens (including phenoxy) is 2. The van der Waals surface area contributed by atoms with Crippen LogP contribution in [0.3, 0.4) is 0 Å². The second kappa shape index (κ2) is 6.35. The van der Waals surface area contributed by atoms with Gasteiger partial charge in [-0.1, -0.05) is 23.9 Å². The number of carbonyl (C=O) groups excluding carboxylic acids is 2. The van der Waals surface area contributed by atoms with Crippen LogP contribution in [0.15, 0.2) is 40.1 Å². The molecule has 3 rings (SSSR count). The van der Waals surface area contributed by atoms with Crippen LogP contribution in [0.5, 0.6) is 0 Å². The van der Waals surface area contributed by atoms with Crippen molar-refractivity contribution in [3.8, 4) is 0 Å². The summed E-state index contributed by atoms with van der Waals surface area (Å²) in [5.74, 6) is -1.21. The number of benzene rings is 1. The average molecular weight is 334 g/mol. The number of nitrogens with one attached hydrogen (secondary N) is 2. The molecular formula is C16H18N2O4S. The Kier molecular flexibility index (Phi) is 4.43. The molecule has 6 nitrogen and oxygen atoms in total. The lowest BCUT2D eigenvalue weighted by molar-refractivity contribution is -0.139. The van der Waals surface area contributed by atoms with Gasteiger partial charge in [-0.3, -0.25) is 9.59 Å². The zero-order valence-electron chi connectivity index (χ0n) is 12.9. The van der Waals surface area contributed by atoms with E-state index in [-0.39, 0.29) is 17.9 Å². The first-order valence-corrected chi connectivity index (χ1v) is 8.14. The van der Waals surface area contributed by atoms with Crippen LogP contribution in [0.4, 0.5) is 5.69 Å². The summed E-state index contributed by atoms with van der Waals surface area (Å²) in [6.07, 6.45) is 1.14. The zero-order valence-corrected chi connectivity index (χ0v) is 13.7. The highest BCUT2D eigenvalue weighted by atomic mass is 32.2. The summed E-state index contributed by atoms with van der Waals surface area (Å²) in [6, 6.07) is 7.47. The molecule has 0 aromatic heterocycles. The van der Waals surface area contributed by atoms with Gasteiger partial charge in [-0.15, -0.1) is 0 Å². The highest BCUT2D eigenvalue weighted by molar-refractivity contribution is 8.04. The lowest BCUT2D eigenvalue weighted by Gasteiger charge is -2.18. The molecule has 0 aliphatic carbocycles. The van der Waals surface area contributed by atoms with Crippen molar-refractivity contribution in [2.24, 2.45) is 0 Å². The normalized spacial score (nSPS) is 24.2. The van der Waals surface area contributed by atoms with E-state index in [9.17, 15) is 9.59 Å². The highest BCUT2D eigenvalue weighted by Crippen LogP contribution is 2.37. The van der Waals surface area contributed by atoms with Crippen LogP contribution in [0.2, 0.25) is 0 Å². The number of hydrogen-bond donors (Lipinski definition) is 2. The molecule has 23 heavy (non-hydrogen) atoms. The Balaban J connectivity index is 1.59. The number of carbonyl (C=O) groups is 2. The minimum absolute atomic E-state index is 0.180. The van der Waals surface area contributed by atoms with E-state index in [4.69, 9.17) is 9.47 Å². The lowest BCUT2D eigenvalue weighted by Crippen LogP contribution is -2.34. The van der Waals surface area contributed by atoms with Crippen LogP contribution in [-0.2, 0) is 19.1 Å². The molecule has 2 amide bonds. The number of rotatable bonds is 3. The van der Waals surface area contributed by atoms with Gasteiger partial charge in [0.2, 0.25) is 5.91 Å². The molecule has 0 radical (unpaired) electrons. The van der Waals surface area contributed by atoms with Gasteiger partial charge in [0.15, 0.2) is 5.79 Å². The first kappa shape index (κ1) is 16.0. The van der Waals surface area contributed by atoms with Crippen LogP contribution in [0.1, 0.15) is 13.8 Å². The van der Waals surface area contributed by atoms with Crippen molar-refractivity contribution in [1.82, 2.24) is 5.32 Å². The minimum Gasteiger partial charge on any atom is -0.350 e. The number of thioether (sulfide) groups is 1. The Morgan fingerprint density at radius 3 is 3.00 bits per heavy atom. The first-order chi connectivity index (χ1) is 10.9. The van der Waals surface area contributed by atoms with E-state index in [0.717, 1.165) is 10.6 Å². The molecule has 0 saturated carbocycles. The molecule has 1 fully saturated rings. The number of hydrogen-bond acceptors (Lipinski definition) is 5. The van der Waals surface area contributed by atoms with Crippen molar-refractivity contribution in [1.29, 1.82) is 0 Å². The molecular weight excluding hydrogens is 316 g/mol. The maximum atomic E-state index is 12.0. The third kappa shape index (κ3) is 3.93. The molecule has 1 aromatic rings. The molecule has 2 aliphatic heterocycles. The summed E-state index contributed by atoms with van der Waals surface area (Å²) in [4.78, 5) is 25.3. The molecule has 1 aromatic carbocycles. The third-order valence-corrected chi connectivity index (χ3v) is 4.51. The van der Waals surface area contributed by atoms with Crippen LogP contribution in [0.25, 0.3) is 0 Å². The topological polar surface area (TPSA) is 76.7 Å². The monoisotopic (exact) mass is 334 g/mol. The third-order valence-electron chi connectivity index (χ3n) is 3.41. The van der Waals surface area contributed by atoms with Gasteiger partial charge < -0.3 is 20.1 Å². The first-order valence-electron chi connectivity index (χ1n) is 7.32. The van der Waals surface area contributed by atoms with Gasteiger partial charge in [0, 0.05) is 17.5 Å². The van der Waals surface area contributed by atoms with Crippen LogP contribution in [-0.4, -0.2) is 36.9 Å². The molecule has 1 atom stereocenters. The van der Waals surface area contributed by atoms with E-state index in [1.54, 1.807) is 0 Å². The zero-order chi connectivity index (χ0) is 16.4. The van der Waals surface area contributed by atoms with Crippen molar-refractivity contribution >= 4 is 29.3 Å².